The molecule has 10 heteroatoms. The number of nitrogens with zero attached hydrogens (tertiary/aromatic N) is 2. The highest BCUT2D eigenvalue weighted by atomic mass is 35.5. The lowest BCUT2D eigenvalue weighted by Crippen LogP contribution is -2.54. The molecule has 0 aliphatic heterocycles. The highest BCUT2D eigenvalue weighted by molar-refractivity contribution is 6.37. The summed E-state index contributed by atoms with van der Waals surface area (Å²) in [5.41, 5.74) is 0.360. The van der Waals surface area contributed by atoms with Gasteiger partial charge in [0.2, 0.25) is 5.91 Å². The van der Waals surface area contributed by atoms with Crippen LogP contribution in [0, 0.1) is 12.8 Å². The number of ether oxygens (including phenoxy) is 1. The lowest BCUT2D eigenvalue weighted by atomic mass is 9.83. The van der Waals surface area contributed by atoms with E-state index in [2.05, 4.69) is 15.8 Å². The Morgan fingerprint density at radius 2 is 1.87 bits per heavy atom. The van der Waals surface area contributed by atoms with E-state index in [1.54, 1.807) is 38.3 Å². The summed E-state index contributed by atoms with van der Waals surface area (Å²) in [6.07, 6.45) is 6.45. The summed E-state index contributed by atoms with van der Waals surface area (Å²) in [4.78, 5) is 39.9. The van der Waals surface area contributed by atoms with Crippen molar-refractivity contribution in [2.45, 2.75) is 103 Å². The first kappa shape index (κ1) is 27.5. The molecule has 2 saturated carbocycles. The highest BCUT2D eigenvalue weighted by Crippen LogP contribution is 2.36. The lowest BCUT2D eigenvalue weighted by Gasteiger charge is -2.31. The fourth-order valence-electron chi connectivity index (χ4n) is 6.25. The molecule has 9 nitrogen and oxygen atoms in total. The molecule has 2 N–H and O–H groups in total. The van der Waals surface area contributed by atoms with E-state index in [0.717, 1.165) is 44.9 Å². The molecule has 3 atom stereocenters. The maximum atomic E-state index is 13.7. The predicted molar refractivity (Wildman–Crippen MR) is 150 cm³/mol. The minimum Gasteiger partial charge on any atom is -0.444 e. The number of aromatic nitrogens is 2. The van der Waals surface area contributed by atoms with Gasteiger partial charge in [0.25, 0.3) is 5.56 Å². The van der Waals surface area contributed by atoms with Gasteiger partial charge in [0, 0.05) is 17.5 Å². The Labute approximate surface area is 232 Å². The first-order chi connectivity index (χ1) is 18.5. The van der Waals surface area contributed by atoms with E-state index < -0.39 is 17.7 Å². The minimum atomic E-state index is -0.655. The van der Waals surface area contributed by atoms with Crippen molar-refractivity contribution in [1.82, 2.24) is 20.4 Å². The van der Waals surface area contributed by atoms with Gasteiger partial charge in [0.05, 0.1) is 10.5 Å². The van der Waals surface area contributed by atoms with Gasteiger partial charge in [-0.1, -0.05) is 42.1 Å². The zero-order chi connectivity index (χ0) is 27.9. The fraction of sp³-hybridized carbons (Fsp3) is 0.586. The number of pyridine rings is 1. The summed E-state index contributed by atoms with van der Waals surface area (Å²) >= 11 is 6.57. The molecule has 2 aliphatic carbocycles. The minimum absolute atomic E-state index is 0.0659. The Morgan fingerprint density at radius 1 is 1.13 bits per heavy atom. The second kappa shape index (κ2) is 10.8. The van der Waals surface area contributed by atoms with E-state index in [9.17, 15) is 14.4 Å². The first-order valence-electron chi connectivity index (χ1n) is 13.9. The number of fused-ring (bicyclic) bond motifs is 3. The summed E-state index contributed by atoms with van der Waals surface area (Å²) in [5, 5.41) is 11.8. The van der Waals surface area contributed by atoms with Crippen molar-refractivity contribution >= 4 is 45.4 Å². The third-order valence-corrected chi connectivity index (χ3v) is 8.29. The molecule has 0 saturated heterocycles. The SMILES string of the molecule is Cc1onc2c1c(=O)n(C1CCC(NC(=O)C(NC(=O)OC(C)(C)C)C3CCCCC3)C1)c1cccc(Cl)c21. The number of hydrogen-bond acceptors (Lipinski definition) is 6. The van der Waals surface area contributed by atoms with Crippen LogP contribution in [-0.2, 0) is 9.53 Å². The number of alkyl carbamates (subject to hydrolysis) is 1. The van der Waals surface area contributed by atoms with Crippen LogP contribution < -0.4 is 16.2 Å². The zero-order valence-corrected chi connectivity index (χ0v) is 23.8. The van der Waals surface area contributed by atoms with Gasteiger partial charge in [-0.25, -0.2) is 4.79 Å². The Balaban J connectivity index is 1.38. The molecule has 0 bridgehead atoms. The summed E-state index contributed by atoms with van der Waals surface area (Å²) < 4.78 is 12.6. The standard InChI is InChI=1S/C29H37ClN4O5/c1-16-22-25(33-39-16)23-20(30)11-8-12-21(23)34(27(22)36)19-14-13-18(15-19)31-26(35)24(17-9-6-5-7-10-17)32-28(37)38-29(2,3)4/h8,11-12,17-19,24H,5-7,9-10,13-15H2,1-4H3,(H,31,35)(H,32,37). The molecule has 2 fully saturated rings. The monoisotopic (exact) mass is 556 g/mol. The lowest BCUT2D eigenvalue weighted by molar-refractivity contribution is -0.125. The van der Waals surface area contributed by atoms with Gasteiger partial charge in [-0.2, -0.15) is 0 Å². The Hall–Kier alpha value is -3.07. The van der Waals surface area contributed by atoms with Gasteiger partial charge in [-0.3, -0.25) is 9.59 Å². The summed E-state index contributed by atoms with van der Waals surface area (Å²) in [7, 11) is 0. The largest absolute Gasteiger partial charge is 0.444 e. The number of rotatable bonds is 5. The van der Waals surface area contributed by atoms with Crippen LogP contribution in [0.15, 0.2) is 27.5 Å². The average molecular weight is 557 g/mol. The summed E-state index contributed by atoms with van der Waals surface area (Å²) in [5.74, 6) is 0.331. The quantitative estimate of drug-likeness (QED) is 0.411. The fourth-order valence-corrected chi connectivity index (χ4v) is 6.51. The average Bonchev–Trinajstić information content (AvgIpc) is 3.49. The van der Waals surface area contributed by atoms with E-state index in [1.165, 1.54) is 0 Å². The van der Waals surface area contributed by atoms with Crippen molar-refractivity contribution in [3.8, 4) is 0 Å². The van der Waals surface area contributed by atoms with Crippen molar-refractivity contribution < 1.29 is 18.8 Å². The van der Waals surface area contributed by atoms with Crippen LogP contribution in [0.3, 0.4) is 0 Å². The van der Waals surface area contributed by atoms with E-state index in [4.69, 9.17) is 20.9 Å². The van der Waals surface area contributed by atoms with Gasteiger partial charge in [0.15, 0.2) is 0 Å². The number of carbonyl (C=O) groups is 2. The van der Waals surface area contributed by atoms with Crippen molar-refractivity contribution in [2.24, 2.45) is 5.92 Å². The van der Waals surface area contributed by atoms with Crippen LogP contribution in [0.4, 0.5) is 4.79 Å². The molecular formula is C29H37ClN4O5. The smallest absolute Gasteiger partial charge is 0.408 e. The normalized spacial score (nSPS) is 21.3. The molecule has 5 rings (SSSR count). The van der Waals surface area contributed by atoms with Crippen molar-refractivity contribution in [3.05, 3.63) is 39.3 Å². The first-order valence-corrected chi connectivity index (χ1v) is 14.3. The highest BCUT2D eigenvalue weighted by Gasteiger charge is 2.36. The Morgan fingerprint density at radius 3 is 2.59 bits per heavy atom. The molecule has 0 radical (unpaired) electrons. The molecule has 2 amide bonds. The van der Waals surface area contributed by atoms with E-state index in [0.29, 0.717) is 39.0 Å². The van der Waals surface area contributed by atoms with Gasteiger partial charge >= 0.3 is 6.09 Å². The Bertz CT molecular complexity index is 1450. The van der Waals surface area contributed by atoms with Gasteiger partial charge in [-0.05, 0) is 77.8 Å². The zero-order valence-electron chi connectivity index (χ0n) is 23.0. The van der Waals surface area contributed by atoms with Gasteiger partial charge in [-0.15, -0.1) is 0 Å². The molecule has 1 aromatic carbocycles. The number of nitrogens with one attached hydrogen (secondary N) is 2. The molecule has 2 heterocycles. The van der Waals surface area contributed by atoms with Crippen LogP contribution in [0.1, 0.15) is 83.9 Å². The molecule has 210 valence electrons. The second-order valence-corrected chi connectivity index (χ2v) is 12.4. The maximum absolute atomic E-state index is 13.7. The molecule has 2 aromatic heterocycles. The topological polar surface area (TPSA) is 115 Å². The predicted octanol–water partition coefficient (Wildman–Crippen LogP) is 5.79. The van der Waals surface area contributed by atoms with E-state index in [-0.39, 0.29) is 29.5 Å². The van der Waals surface area contributed by atoms with Crippen molar-refractivity contribution in [2.75, 3.05) is 0 Å². The molecule has 39 heavy (non-hydrogen) atoms. The van der Waals surface area contributed by atoms with Crippen LogP contribution in [0.2, 0.25) is 5.02 Å². The number of amides is 2. The molecular weight excluding hydrogens is 520 g/mol. The third kappa shape index (κ3) is 5.64. The number of aryl methyl sites for hydroxylation is 1. The van der Waals surface area contributed by atoms with Crippen LogP contribution in [0.5, 0.6) is 0 Å². The third-order valence-electron chi connectivity index (χ3n) is 7.98. The van der Waals surface area contributed by atoms with Gasteiger partial charge < -0.3 is 24.5 Å². The number of benzene rings is 1. The molecule has 2 aliphatic rings. The molecule has 3 unspecified atom stereocenters. The Kier molecular flexibility index (Phi) is 7.64. The summed E-state index contributed by atoms with van der Waals surface area (Å²) in [6, 6.07) is 4.57. The van der Waals surface area contributed by atoms with Crippen LogP contribution in [-0.4, -0.2) is 39.4 Å². The number of carbonyl (C=O) groups excluding carboxylic acids is 2. The van der Waals surface area contributed by atoms with E-state index >= 15 is 0 Å². The number of halogens is 1. The van der Waals surface area contributed by atoms with Gasteiger partial charge in [0.1, 0.15) is 28.3 Å². The maximum Gasteiger partial charge on any atom is 0.408 e. The second-order valence-electron chi connectivity index (χ2n) is 12.0. The molecule has 0 spiro atoms. The van der Waals surface area contributed by atoms with Crippen LogP contribution >= 0.6 is 11.6 Å². The molecule has 3 aromatic rings. The van der Waals surface area contributed by atoms with Crippen molar-refractivity contribution in [3.63, 3.8) is 0 Å². The number of hydrogen-bond donors (Lipinski definition) is 2. The summed E-state index contributed by atoms with van der Waals surface area (Å²) in [6.45, 7) is 7.14. The van der Waals surface area contributed by atoms with E-state index in [1.807, 2.05) is 12.1 Å². The van der Waals surface area contributed by atoms with Crippen LogP contribution in [0.25, 0.3) is 21.8 Å². The van der Waals surface area contributed by atoms with Crippen molar-refractivity contribution in [1.29, 1.82) is 0 Å².